The summed E-state index contributed by atoms with van der Waals surface area (Å²) in [5.74, 6) is 1.14. The smallest absolute Gasteiger partial charge is 0.0642 e. The molecule has 0 saturated carbocycles. The van der Waals surface area contributed by atoms with Crippen molar-refractivity contribution in [1.29, 1.82) is 0 Å². The molecule has 1 atom stereocenters. The van der Waals surface area contributed by atoms with Crippen molar-refractivity contribution in [3.63, 3.8) is 0 Å². The molecule has 0 unspecified atom stereocenters. The molecule has 0 N–H and O–H groups in total. The topological polar surface area (TPSA) is 15.7 Å². The summed E-state index contributed by atoms with van der Waals surface area (Å²) in [5, 5.41) is 0. The molecule has 0 aromatic carbocycles. The van der Waals surface area contributed by atoms with Gasteiger partial charge in [-0.1, -0.05) is 27.4 Å². The van der Waals surface area contributed by atoms with E-state index in [0.717, 1.165) is 39.3 Å². The molecule has 2 heterocycles. The molecule has 1 saturated heterocycles. The summed E-state index contributed by atoms with van der Waals surface area (Å²) in [7, 11) is 0. The number of likely N-dealkylation sites (N-methyl/N-ethyl adjacent to an activating group) is 1. The Kier molecular flexibility index (Phi) is 5.74. The highest BCUT2D eigenvalue weighted by molar-refractivity contribution is 5.40. The lowest BCUT2D eigenvalue weighted by Gasteiger charge is -2.41. The Balaban J connectivity index is 2.34. The third-order valence-electron chi connectivity index (χ3n) is 4.97. The summed E-state index contributed by atoms with van der Waals surface area (Å²) in [4.78, 5) is 4.78. The number of hydrogen-bond donors (Lipinski definition) is 0. The van der Waals surface area contributed by atoms with Crippen LogP contribution < -0.4 is 0 Å². The van der Waals surface area contributed by atoms with Gasteiger partial charge in [0.2, 0.25) is 0 Å². The molecule has 0 aromatic rings. The normalized spacial score (nSPS) is 23.2. The first kappa shape index (κ1) is 17.1. The van der Waals surface area contributed by atoms with Gasteiger partial charge in [0, 0.05) is 31.8 Å². The third kappa shape index (κ3) is 3.24. The maximum atomic E-state index is 5.48. The van der Waals surface area contributed by atoms with Gasteiger partial charge in [-0.05, 0) is 37.3 Å². The average molecular weight is 304 g/mol. The second-order valence-electron chi connectivity index (χ2n) is 6.61. The lowest BCUT2D eigenvalue weighted by Crippen LogP contribution is -2.39. The van der Waals surface area contributed by atoms with Crippen LogP contribution in [-0.4, -0.2) is 42.6 Å². The Morgan fingerprint density at radius 1 is 1.32 bits per heavy atom. The monoisotopic (exact) mass is 304 g/mol. The number of ether oxygens (including phenoxy) is 1. The quantitative estimate of drug-likeness (QED) is 0.763. The lowest BCUT2D eigenvalue weighted by atomic mass is 9.80. The third-order valence-corrected chi connectivity index (χ3v) is 4.97. The van der Waals surface area contributed by atoms with E-state index in [4.69, 9.17) is 4.74 Å². The number of morpholine rings is 1. The van der Waals surface area contributed by atoms with Crippen LogP contribution in [0.4, 0.5) is 0 Å². The van der Waals surface area contributed by atoms with Crippen molar-refractivity contribution >= 4 is 0 Å². The van der Waals surface area contributed by atoms with Gasteiger partial charge < -0.3 is 14.5 Å². The van der Waals surface area contributed by atoms with Crippen molar-refractivity contribution in [1.82, 2.24) is 9.80 Å². The first-order valence-corrected chi connectivity index (χ1v) is 8.72. The number of nitrogens with zero attached hydrogens (tertiary/aromatic N) is 2. The second-order valence-corrected chi connectivity index (χ2v) is 6.61. The number of allylic oxidation sites excluding steroid dienone is 2. The summed E-state index contributed by atoms with van der Waals surface area (Å²) in [6.45, 7) is 20.4. The lowest BCUT2D eigenvalue weighted by molar-refractivity contribution is 0.0534. The predicted octanol–water partition coefficient (Wildman–Crippen LogP) is 4.01. The van der Waals surface area contributed by atoms with E-state index in [2.05, 4.69) is 57.2 Å². The molecular formula is C19H32N2O. The van der Waals surface area contributed by atoms with Crippen molar-refractivity contribution in [2.75, 3.05) is 32.8 Å². The molecule has 0 spiro atoms. The fourth-order valence-electron chi connectivity index (χ4n) is 3.70. The maximum absolute atomic E-state index is 5.48. The summed E-state index contributed by atoms with van der Waals surface area (Å²) in [5.41, 5.74) is 5.54. The highest BCUT2D eigenvalue weighted by Gasteiger charge is 2.30. The fourth-order valence-corrected chi connectivity index (χ4v) is 3.70. The van der Waals surface area contributed by atoms with Crippen molar-refractivity contribution < 1.29 is 4.74 Å². The van der Waals surface area contributed by atoms with E-state index in [1.54, 1.807) is 5.57 Å². The van der Waals surface area contributed by atoms with Gasteiger partial charge >= 0.3 is 0 Å². The van der Waals surface area contributed by atoms with Crippen LogP contribution in [-0.2, 0) is 4.74 Å². The van der Waals surface area contributed by atoms with E-state index in [1.165, 1.54) is 17.0 Å². The van der Waals surface area contributed by atoms with Crippen LogP contribution in [0.3, 0.4) is 0 Å². The van der Waals surface area contributed by atoms with Crippen LogP contribution in [0.1, 0.15) is 41.0 Å². The standard InChI is InChI=1S/C19H32N2O/c1-7-17-15(5)19(16(6)21-9-11-22-12-10-21)20(8-2)13-18(17)14(3)4/h13-14,17H,6-12H2,1-5H3/t17-/m1/s1. The molecule has 0 bridgehead atoms. The summed E-state index contributed by atoms with van der Waals surface area (Å²) in [6, 6.07) is 0. The van der Waals surface area contributed by atoms with Gasteiger partial charge in [-0.15, -0.1) is 0 Å². The first-order chi connectivity index (χ1) is 10.5. The van der Waals surface area contributed by atoms with Crippen LogP contribution in [0.15, 0.2) is 35.3 Å². The Morgan fingerprint density at radius 3 is 2.45 bits per heavy atom. The van der Waals surface area contributed by atoms with E-state index in [0.29, 0.717) is 11.8 Å². The van der Waals surface area contributed by atoms with Crippen molar-refractivity contribution in [2.24, 2.45) is 11.8 Å². The minimum absolute atomic E-state index is 0.551. The molecule has 3 nitrogen and oxygen atoms in total. The molecule has 0 aromatic heterocycles. The Morgan fingerprint density at radius 2 is 1.95 bits per heavy atom. The van der Waals surface area contributed by atoms with E-state index in [9.17, 15) is 0 Å². The van der Waals surface area contributed by atoms with Gasteiger partial charge in [0.1, 0.15) is 0 Å². The Bertz CT molecular complexity index is 470. The van der Waals surface area contributed by atoms with Gasteiger partial charge in [-0.2, -0.15) is 0 Å². The first-order valence-electron chi connectivity index (χ1n) is 8.72. The summed E-state index contributed by atoms with van der Waals surface area (Å²) in [6.07, 6.45) is 3.54. The SMILES string of the molecule is C=C(C1=C(C)[C@@H](CC)C(C(C)C)=CN1CC)N1CCOCC1. The van der Waals surface area contributed by atoms with Crippen LogP contribution in [0.5, 0.6) is 0 Å². The van der Waals surface area contributed by atoms with Crippen molar-refractivity contribution in [2.45, 2.75) is 41.0 Å². The van der Waals surface area contributed by atoms with Crippen LogP contribution >= 0.6 is 0 Å². The van der Waals surface area contributed by atoms with Gasteiger partial charge in [-0.3, -0.25) is 0 Å². The maximum Gasteiger partial charge on any atom is 0.0642 e. The molecule has 2 aliphatic heterocycles. The molecule has 0 aliphatic carbocycles. The van der Waals surface area contributed by atoms with Gasteiger partial charge in [0.15, 0.2) is 0 Å². The van der Waals surface area contributed by atoms with Gasteiger partial charge in [0.25, 0.3) is 0 Å². The van der Waals surface area contributed by atoms with E-state index in [1.807, 2.05) is 0 Å². The molecular weight excluding hydrogens is 272 g/mol. The Hall–Kier alpha value is -1.22. The zero-order chi connectivity index (χ0) is 16.3. The van der Waals surface area contributed by atoms with Gasteiger partial charge in [-0.25, -0.2) is 0 Å². The Labute approximate surface area is 136 Å². The number of rotatable bonds is 5. The van der Waals surface area contributed by atoms with E-state index < -0.39 is 0 Å². The predicted molar refractivity (Wildman–Crippen MR) is 93.3 cm³/mol. The van der Waals surface area contributed by atoms with Crippen molar-refractivity contribution in [3.8, 4) is 0 Å². The molecule has 0 amide bonds. The highest BCUT2D eigenvalue weighted by atomic mass is 16.5. The van der Waals surface area contributed by atoms with Crippen LogP contribution in [0, 0.1) is 11.8 Å². The molecule has 3 heteroatoms. The van der Waals surface area contributed by atoms with Crippen LogP contribution in [0.2, 0.25) is 0 Å². The second kappa shape index (κ2) is 7.36. The fraction of sp³-hybridized carbons (Fsp3) is 0.684. The van der Waals surface area contributed by atoms with E-state index in [-0.39, 0.29) is 0 Å². The highest BCUT2D eigenvalue weighted by Crippen LogP contribution is 2.39. The molecule has 22 heavy (non-hydrogen) atoms. The molecule has 124 valence electrons. The average Bonchev–Trinajstić information content (AvgIpc) is 2.53. The zero-order valence-corrected chi connectivity index (χ0v) is 15.0. The minimum Gasteiger partial charge on any atom is -0.378 e. The summed E-state index contributed by atoms with van der Waals surface area (Å²) >= 11 is 0. The zero-order valence-electron chi connectivity index (χ0n) is 15.0. The minimum atomic E-state index is 0.551. The largest absolute Gasteiger partial charge is 0.378 e. The van der Waals surface area contributed by atoms with Gasteiger partial charge in [0.05, 0.1) is 24.6 Å². The molecule has 1 fully saturated rings. The molecule has 2 aliphatic rings. The molecule has 0 radical (unpaired) electrons. The summed E-state index contributed by atoms with van der Waals surface area (Å²) < 4.78 is 5.48. The molecule has 2 rings (SSSR count). The van der Waals surface area contributed by atoms with Crippen molar-refractivity contribution in [3.05, 3.63) is 35.3 Å². The van der Waals surface area contributed by atoms with E-state index >= 15 is 0 Å². The number of hydrogen-bond acceptors (Lipinski definition) is 3. The van der Waals surface area contributed by atoms with Crippen LogP contribution in [0.25, 0.3) is 0 Å².